The van der Waals surface area contributed by atoms with Crippen LogP contribution in [-0.2, 0) is 36.7 Å². The summed E-state index contributed by atoms with van der Waals surface area (Å²) in [6.45, 7) is 19.4. The molecule has 1 radical (unpaired) electrons. The van der Waals surface area contributed by atoms with Crippen LogP contribution in [0.1, 0.15) is 99.1 Å². The van der Waals surface area contributed by atoms with Crippen LogP contribution in [0.4, 0.5) is 0 Å². The van der Waals surface area contributed by atoms with E-state index < -0.39 is 0 Å². The monoisotopic (exact) mass is 771 g/mol. The largest absolute Gasteiger partial charge is 0.512 e. The van der Waals surface area contributed by atoms with E-state index in [9.17, 15) is 9.90 Å². The van der Waals surface area contributed by atoms with Gasteiger partial charge < -0.3 is 5.11 Å². The topological polar surface area (TPSA) is 50.2 Å². The Morgan fingerprint density at radius 3 is 2.00 bits per heavy atom. The number of fused-ring (bicyclic) bond motifs is 2. The van der Waals surface area contributed by atoms with Crippen LogP contribution in [0, 0.1) is 23.8 Å². The molecule has 4 aromatic rings. The van der Waals surface area contributed by atoms with E-state index >= 15 is 0 Å². The van der Waals surface area contributed by atoms with Gasteiger partial charge in [-0.15, -0.1) is 29.1 Å². The molecule has 0 spiro atoms. The predicted octanol–water partition coefficient (Wildman–Crippen LogP) is 11.2. The van der Waals surface area contributed by atoms with Crippen LogP contribution in [0.5, 0.6) is 0 Å². The Morgan fingerprint density at radius 1 is 0.864 bits per heavy atom. The van der Waals surface area contributed by atoms with Gasteiger partial charge >= 0.3 is 0 Å². The summed E-state index contributed by atoms with van der Waals surface area (Å²) < 4.78 is 0. The quantitative estimate of drug-likeness (QED) is 0.0993. The number of para-hydroxylation sites is 1. The zero-order chi connectivity index (χ0) is 31.7. The number of ketones is 1. The second kappa shape index (κ2) is 17.0. The fourth-order valence-corrected chi connectivity index (χ4v) is 5.76. The molecule has 4 rings (SSSR count). The number of carbonyl (C=O) groups excluding carboxylic acids is 1. The Bertz CT molecular complexity index is 1540. The molecule has 239 valence electrons. The van der Waals surface area contributed by atoms with Crippen LogP contribution in [0.15, 0.2) is 72.5 Å². The molecule has 44 heavy (non-hydrogen) atoms. The first kappa shape index (κ1) is 37.4. The van der Waals surface area contributed by atoms with Gasteiger partial charge in [0, 0.05) is 49.1 Å². The van der Waals surface area contributed by atoms with Crippen LogP contribution in [0.3, 0.4) is 0 Å². The average molecular weight is 771 g/mol. The van der Waals surface area contributed by atoms with E-state index in [0.29, 0.717) is 5.92 Å². The number of hydrogen-bond donors (Lipinski definition) is 1. The summed E-state index contributed by atoms with van der Waals surface area (Å²) in [5.74, 6) is 1.15. The molecule has 0 saturated heterocycles. The Kier molecular flexibility index (Phi) is 14.5. The van der Waals surface area contributed by atoms with Crippen LogP contribution < -0.4 is 0 Å². The molecule has 3 nitrogen and oxygen atoms in total. The number of aromatic nitrogens is 1. The van der Waals surface area contributed by atoms with Gasteiger partial charge in [0.25, 0.3) is 0 Å². The van der Waals surface area contributed by atoms with Crippen LogP contribution >= 0.6 is 0 Å². The van der Waals surface area contributed by atoms with E-state index in [-0.39, 0.29) is 48.9 Å². The van der Waals surface area contributed by atoms with Gasteiger partial charge in [0.2, 0.25) is 0 Å². The minimum atomic E-state index is 0. The molecular weight excluding hydrogens is 719 g/mol. The Labute approximate surface area is 279 Å². The van der Waals surface area contributed by atoms with E-state index in [2.05, 4.69) is 101 Å². The second-order valence-corrected chi connectivity index (χ2v) is 13.2. The summed E-state index contributed by atoms with van der Waals surface area (Å²) in [5.41, 5.74) is 5.94. The summed E-state index contributed by atoms with van der Waals surface area (Å²) in [5, 5.41) is 13.5. The first-order valence-electron chi connectivity index (χ1n) is 16.2. The number of aliphatic hydroxyl groups excluding tert-OH is 1. The Hall–Kier alpha value is -2.81. The molecule has 4 heteroatoms. The number of nitrogens with zero attached hydrogens (tertiary/aromatic N) is 1. The zero-order valence-corrected chi connectivity index (χ0v) is 30.6. The van der Waals surface area contributed by atoms with Gasteiger partial charge in [-0.1, -0.05) is 116 Å². The standard InChI is InChI=1S/C27H28N.C13H24O2.Ir/c1-18(2)14-20-17-26(28-25-13-9-8-12-23(20)25)21-15-19-10-6-7-11-22(19)24(16-21)27(3,4)5;1-5-10(6-2)12(14)9-13(15)11(7-3)8-4;/h6-13,16-18H,14H2,1-5H3;9-11,14H,5-8H2,1-4H3;/q-1;;/b;12-9-;. The molecule has 3 aromatic carbocycles. The van der Waals surface area contributed by atoms with Crippen LogP contribution in [-0.4, -0.2) is 15.9 Å². The number of rotatable bonds is 10. The smallest absolute Gasteiger partial charge is 0.162 e. The third-order valence-corrected chi connectivity index (χ3v) is 8.37. The number of allylic oxidation sites excluding steroid dienone is 2. The summed E-state index contributed by atoms with van der Waals surface area (Å²) in [7, 11) is 0. The first-order valence-corrected chi connectivity index (χ1v) is 16.2. The Morgan fingerprint density at radius 2 is 1.43 bits per heavy atom. The maximum Gasteiger partial charge on any atom is 0.162 e. The fraction of sp³-hybridized carbons (Fsp3) is 0.450. The molecule has 0 aliphatic carbocycles. The maximum absolute atomic E-state index is 11.7. The maximum atomic E-state index is 11.7. The van der Waals surface area contributed by atoms with Gasteiger partial charge in [-0.3, -0.25) is 9.78 Å². The van der Waals surface area contributed by atoms with Crippen molar-refractivity contribution in [2.75, 3.05) is 0 Å². The van der Waals surface area contributed by atoms with Crippen molar-refractivity contribution in [1.82, 2.24) is 4.98 Å². The van der Waals surface area contributed by atoms with Crippen molar-refractivity contribution in [2.45, 2.75) is 99.8 Å². The summed E-state index contributed by atoms with van der Waals surface area (Å²) >= 11 is 0. The molecule has 0 atom stereocenters. The second-order valence-electron chi connectivity index (χ2n) is 13.2. The summed E-state index contributed by atoms with van der Waals surface area (Å²) in [4.78, 5) is 16.7. The number of hydrogen-bond acceptors (Lipinski definition) is 3. The van der Waals surface area contributed by atoms with Crippen molar-refractivity contribution in [1.29, 1.82) is 0 Å². The van der Waals surface area contributed by atoms with E-state index in [1.807, 2.05) is 27.7 Å². The molecule has 0 aliphatic heterocycles. The first-order chi connectivity index (χ1) is 20.4. The predicted molar refractivity (Wildman–Crippen MR) is 185 cm³/mol. The summed E-state index contributed by atoms with van der Waals surface area (Å²) in [6.07, 6.45) is 5.96. The van der Waals surface area contributed by atoms with Crippen molar-refractivity contribution in [3.63, 3.8) is 0 Å². The van der Waals surface area contributed by atoms with Gasteiger partial charge in [-0.25, -0.2) is 0 Å². The SMILES string of the molecule is CC(C)Cc1cc(-c2[c-]c3ccccc3c(C(C)(C)C)c2)nc2ccccc12.CCC(CC)C(=O)/C=C(\O)C(CC)CC.[Ir]. The molecular formula is C40H52IrNO2-. The molecule has 1 N–H and O–H groups in total. The van der Waals surface area contributed by atoms with Crippen LogP contribution in [0.25, 0.3) is 32.9 Å². The minimum Gasteiger partial charge on any atom is -0.512 e. The van der Waals surface area contributed by atoms with Crippen molar-refractivity contribution in [3.8, 4) is 11.3 Å². The molecule has 1 heterocycles. The molecule has 0 amide bonds. The van der Waals surface area contributed by atoms with E-state index in [4.69, 9.17) is 4.98 Å². The van der Waals surface area contributed by atoms with Crippen molar-refractivity contribution in [3.05, 3.63) is 89.7 Å². The van der Waals surface area contributed by atoms with Gasteiger partial charge in [0.1, 0.15) is 0 Å². The number of benzene rings is 3. The van der Waals surface area contributed by atoms with Crippen molar-refractivity contribution >= 4 is 27.5 Å². The van der Waals surface area contributed by atoms with Gasteiger partial charge in [-0.05, 0) is 55.1 Å². The molecule has 0 unspecified atom stereocenters. The number of pyridine rings is 1. The zero-order valence-electron chi connectivity index (χ0n) is 28.3. The third kappa shape index (κ3) is 9.59. The number of aliphatic hydroxyl groups is 1. The van der Waals surface area contributed by atoms with E-state index in [0.717, 1.165) is 54.3 Å². The average Bonchev–Trinajstić information content (AvgIpc) is 2.97. The minimum absolute atomic E-state index is 0. The van der Waals surface area contributed by atoms with Gasteiger partial charge in [0.15, 0.2) is 5.78 Å². The fourth-order valence-electron chi connectivity index (χ4n) is 5.76. The Balaban J connectivity index is 0.000000363. The number of carbonyl (C=O) groups is 1. The van der Waals surface area contributed by atoms with E-state index in [1.165, 1.54) is 28.0 Å². The summed E-state index contributed by atoms with van der Waals surface area (Å²) in [6, 6.07) is 25.2. The molecule has 0 fully saturated rings. The van der Waals surface area contributed by atoms with E-state index in [1.54, 1.807) is 0 Å². The molecule has 0 bridgehead atoms. The van der Waals surface area contributed by atoms with Crippen LogP contribution in [0.2, 0.25) is 0 Å². The van der Waals surface area contributed by atoms with Gasteiger partial charge in [-0.2, -0.15) is 0 Å². The normalized spacial score (nSPS) is 12.0. The van der Waals surface area contributed by atoms with Crippen molar-refractivity contribution < 1.29 is 30.0 Å². The molecule has 0 aliphatic rings. The van der Waals surface area contributed by atoms with Gasteiger partial charge in [0.05, 0.1) is 11.3 Å². The molecule has 0 saturated carbocycles. The third-order valence-electron chi connectivity index (χ3n) is 8.37. The van der Waals surface area contributed by atoms with Crippen molar-refractivity contribution in [2.24, 2.45) is 17.8 Å². The molecule has 1 aromatic heterocycles.